The maximum Gasteiger partial charge on any atom is 0.220 e. The number of rotatable bonds is 70. The lowest BCUT2D eigenvalue weighted by Gasteiger charge is -2.46. The molecule has 12 unspecified atom stereocenters. The standard InChI is InChI=1S/C86H155NO13/c1-3-5-7-9-11-13-15-17-19-21-23-25-27-29-31-33-35-36-37-38-40-42-44-46-48-50-52-54-56-58-60-62-64-66-68-70-78(91)87-74(73-97-85-83(96)81(94)84(77(72-89)99-85)100-86-82(95)80(93)79(92)76(71-88)98-86)75(90)69-67-65-63-61-59-57-55-53-51-49-47-45-43-41-39-34-32-30-28-26-24-22-20-18-16-14-12-10-8-6-4-2/h5,7,11,13,17,19,23,25,29,31,59,61,67,69,74-77,79-86,88-90,92-96H,3-4,6,8-10,12,14-16,18,20-22,24,26-28,30,32-58,60,62-66,68,70-73H2,1-2H3,(H,87,91)/b7-5-,13-11-,19-17-,25-23-,31-29-,61-59+,69-67+. The zero-order valence-electron chi connectivity index (χ0n) is 63.9. The minimum Gasteiger partial charge on any atom is -0.394 e. The number of nitrogens with one attached hydrogen (secondary N) is 1. The summed E-state index contributed by atoms with van der Waals surface area (Å²) in [5.41, 5.74) is 0. The third-order valence-corrected chi connectivity index (χ3v) is 20.1. The van der Waals surface area contributed by atoms with E-state index in [0.717, 1.165) is 64.2 Å². The number of unbranched alkanes of at least 4 members (excludes halogenated alkanes) is 45. The van der Waals surface area contributed by atoms with Crippen LogP contribution in [0.5, 0.6) is 0 Å². The number of ether oxygens (including phenoxy) is 4. The van der Waals surface area contributed by atoms with Crippen molar-refractivity contribution in [2.45, 2.75) is 434 Å². The van der Waals surface area contributed by atoms with Crippen LogP contribution in [0.25, 0.3) is 0 Å². The smallest absolute Gasteiger partial charge is 0.220 e. The number of allylic oxidation sites excluding steroid dienone is 13. The number of aliphatic hydroxyl groups excluding tert-OH is 8. The van der Waals surface area contributed by atoms with Crippen LogP contribution < -0.4 is 5.32 Å². The Morgan fingerprint density at radius 1 is 0.370 bits per heavy atom. The summed E-state index contributed by atoms with van der Waals surface area (Å²) in [7, 11) is 0. The molecule has 100 heavy (non-hydrogen) atoms. The third-order valence-electron chi connectivity index (χ3n) is 20.1. The summed E-state index contributed by atoms with van der Waals surface area (Å²) in [6, 6.07) is -0.936. The van der Waals surface area contributed by atoms with Crippen LogP contribution in [0.1, 0.15) is 361 Å². The van der Waals surface area contributed by atoms with E-state index in [-0.39, 0.29) is 18.9 Å². The molecule has 0 spiro atoms. The largest absolute Gasteiger partial charge is 0.394 e. The van der Waals surface area contributed by atoms with Gasteiger partial charge in [0.1, 0.15) is 48.8 Å². The highest BCUT2D eigenvalue weighted by atomic mass is 16.7. The van der Waals surface area contributed by atoms with Crippen LogP contribution >= 0.6 is 0 Å². The molecule has 0 bridgehead atoms. The Morgan fingerprint density at radius 2 is 0.700 bits per heavy atom. The Morgan fingerprint density at radius 3 is 1.10 bits per heavy atom. The fourth-order valence-electron chi connectivity index (χ4n) is 13.5. The maximum atomic E-state index is 13.4. The van der Waals surface area contributed by atoms with Crippen LogP contribution in [0.2, 0.25) is 0 Å². The van der Waals surface area contributed by atoms with Gasteiger partial charge in [0.15, 0.2) is 12.6 Å². The Hall–Kier alpha value is -2.83. The molecule has 2 aliphatic heterocycles. The lowest BCUT2D eigenvalue weighted by Crippen LogP contribution is -2.65. The van der Waals surface area contributed by atoms with Gasteiger partial charge in [-0.25, -0.2) is 0 Å². The lowest BCUT2D eigenvalue weighted by atomic mass is 9.97. The van der Waals surface area contributed by atoms with E-state index in [9.17, 15) is 45.6 Å². The second kappa shape index (κ2) is 69.2. The Labute approximate surface area is 611 Å². The van der Waals surface area contributed by atoms with E-state index in [0.29, 0.717) is 12.8 Å². The van der Waals surface area contributed by atoms with E-state index >= 15 is 0 Å². The van der Waals surface area contributed by atoms with E-state index in [4.69, 9.17) is 18.9 Å². The fraction of sp³-hybridized carbons (Fsp3) is 0.826. The molecule has 2 rings (SSSR count). The molecule has 12 atom stereocenters. The van der Waals surface area contributed by atoms with Gasteiger partial charge in [0.05, 0.1) is 32.0 Å². The summed E-state index contributed by atoms with van der Waals surface area (Å²) in [5.74, 6) is -0.245. The van der Waals surface area contributed by atoms with Gasteiger partial charge in [-0.1, -0.05) is 362 Å². The summed E-state index contributed by atoms with van der Waals surface area (Å²) >= 11 is 0. The minimum atomic E-state index is -1.79. The molecule has 1 amide bonds. The van der Waals surface area contributed by atoms with Gasteiger partial charge >= 0.3 is 0 Å². The van der Waals surface area contributed by atoms with Gasteiger partial charge in [-0.2, -0.15) is 0 Å². The quantitative estimate of drug-likeness (QED) is 0.0204. The molecule has 0 aromatic carbocycles. The SMILES string of the molecule is CC/C=C\C/C=C\C/C=C\C/C=C\C/C=C\CCCCCCCCCCCCCCCCCCCCCC(=O)NC(COC1OC(CO)C(OC2OC(CO)C(O)C(O)C2O)C(O)C1O)C(O)/C=C/CC/C=C/CCCCCCCCCCCCCCCCCCCCCCCCCCC. The monoisotopic (exact) mass is 1410 g/mol. The fourth-order valence-corrected chi connectivity index (χ4v) is 13.5. The Kier molecular flexibility index (Phi) is 64.6. The average Bonchev–Trinajstić information content (AvgIpc) is 0.790. The third kappa shape index (κ3) is 51.4. The number of amides is 1. The van der Waals surface area contributed by atoms with Crippen LogP contribution in [0.4, 0.5) is 0 Å². The number of hydrogen-bond donors (Lipinski definition) is 9. The molecule has 2 heterocycles. The van der Waals surface area contributed by atoms with Gasteiger partial charge in [0.2, 0.25) is 5.91 Å². The molecular formula is C86H155NO13. The molecule has 0 aliphatic carbocycles. The second-order valence-corrected chi connectivity index (χ2v) is 29.2. The van der Waals surface area contributed by atoms with Crippen molar-refractivity contribution in [3.8, 4) is 0 Å². The Bertz CT molecular complexity index is 2010. The van der Waals surface area contributed by atoms with Gasteiger partial charge in [0.25, 0.3) is 0 Å². The van der Waals surface area contributed by atoms with Gasteiger partial charge in [-0.05, 0) is 77.0 Å². The molecular weight excluding hydrogens is 1250 g/mol. The van der Waals surface area contributed by atoms with Gasteiger partial charge in [-0.15, -0.1) is 0 Å². The number of hydrogen-bond acceptors (Lipinski definition) is 13. The first-order valence-corrected chi connectivity index (χ1v) is 41.8. The first-order chi connectivity index (χ1) is 49.1. The van der Waals surface area contributed by atoms with E-state index in [2.05, 4.69) is 92.1 Å². The zero-order chi connectivity index (χ0) is 72.2. The molecule has 9 N–H and O–H groups in total. The van der Waals surface area contributed by atoms with Crippen LogP contribution in [0.15, 0.2) is 85.1 Å². The molecule has 2 fully saturated rings. The highest BCUT2D eigenvalue weighted by Crippen LogP contribution is 2.30. The van der Waals surface area contributed by atoms with E-state index in [1.807, 2.05) is 6.08 Å². The molecule has 0 aromatic rings. The molecule has 2 saturated heterocycles. The van der Waals surface area contributed by atoms with Crippen LogP contribution in [-0.2, 0) is 23.7 Å². The van der Waals surface area contributed by atoms with E-state index < -0.39 is 86.8 Å². The van der Waals surface area contributed by atoms with Crippen molar-refractivity contribution in [1.82, 2.24) is 5.32 Å². The second-order valence-electron chi connectivity index (χ2n) is 29.2. The molecule has 582 valence electrons. The van der Waals surface area contributed by atoms with Crippen molar-refractivity contribution >= 4 is 5.91 Å². The molecule has 0 radical (unpaired) electrons. The molecule has 14 nitrogen and oxygen atoms in total. The van der Waals surface area contributed by atoms with Gasteiger partial charge in [0, 0.05) is 6.42 Å². The summed E-state index contributed by atoms with van der Waals surface area (Å²) in [6.45, 7) is 2.72. The average molecular weight is 1410 g/mol. The van der Waals surface area contributed by atoms with Crippen molar-refractivity contribution in [2.75, 3.05) is 19.8 Å². The van der Waals surface area contributed by atoms with Gasteiger partial charge in [-0.3, -0.25) is 4.79 Å². The topological polar surface area (TPSA) is 228 Å². The number of carbonyl (C=O) groups is 1. The van der Waals surface area contributed by atoms with E-state index in [1.54, 1.807) is 6.08 Å². The Balaban J connectivity index is 1.61. The molecule has 0 aromatic heterocycles. The first kappa shape index (κ1) is 93.3. The number of aliphatic hydroxyl groups is 8. The van der Waals surface area contributed by atoms with Crippen molar-refractivity contribution < 1.29 is 64.6 Å². The number of carbonyl (C=O) groups excluding carboxylic acids is 1. The van der Waals surface area contributed by atoms with Crippen LogP contribution in [-0.4, -0.2) is 140 Å². The predicted octanol–water partition coefficient (Wildman–Crippen LogP) is 19.5. The van der Waals surface area contributed by atoms with Crippen molar-refractivity contribution in [3.63, 3.8) is 0 Å². The summed E-state index contributed by atoms with van der Waals surface area (Å²) in [4.78, 5) is 13.4. The van der Waals surface area contributed by atoms with Gasteiger partial charge < -0.3 is 65.1 Å². The highest BCUT2D eigenvalue weighted by Gasteiger charge is 2.51. The summed E-state index contributed by atoms with van der Waals surface area (Å²) in [5, 5.41) is 87.7. The summed E-state index contributed by atoms with van der Waals surface area (Å²) < 4.78 is 22.9. The molecule has 14 heteroatoms. The first-order valence-electron chi connectivity index (χ1n) is 41.8. The lowest BCUT2D eigenvalue weighted by molar-refractivity contribution is -0.359. The normalized spacial score (nSPS) is 22.3. The zero-order valence-corrected chi connectivity index (χ0v) is 63.9. The minimum absolute atomic E-state index is 0.245. The van der Waals surface area contributed by atoms with Crippen molar-refractivity contribution in [1.29, 1.82) is 0 Å². The van der Waals surface area contributed by atoms with Crippen molar-refractivity contribution in [3.05, 3.63) is 85.1 Å². The van der Waals surface area contributed by atoms with Crippen LogP contribution in [0, 0.1) is 0 Å². The van der Waals surface area contributed by atoms with E-state index in [1.165, 1.54) is 263 Å². The predicted molar refractivity (Wildman–Crippen MR) is 415 cm³/mol. The molecule has 0 saturated carbocycles. The van der Waals surface area contributed by atoms with Crippen LogP contribution in [0.3, 0.4) is 0 Å². The maximum absolute atomic E-state index is 13.4. The van der Waals surface area contributed by atoms with Crippen molar-refractivity contribution in [2.24, 2.45) is 0 Å². The molecule has 2 aliphatic rings. The highest BCUT2D eigenvalue weighted by molar-refractivity contribution is 5.76. The summed E-state index contributed by atoms with van der Waals surface area (Å²) in [6.07, 6.45) is 81.1.